The van der Waals surface area contributed by atoms with Gasteiger partial charge in [0.1, 0.15) is 6.29 Å². The molecular weight excluding hydrogens is 192 g/mol. The van der Waals surface area contributed by atoms with Crippen LogP contribution >= 0.6 is 15.9 Å². The van der Waals surface area contributed by atoms with Gasteiger partial charge in [-0.1, -0.05) is 40.2 Å². The molecule has 0 aromatic rings. The van der Waals surface area contributed by atoms with Crippen LogP contribution in [0.1, 0.15) is 6.92 Å². The summed E-state index contributed by atoms with van der Waals surface area (Å²) in [6.45, 7) is 1.98. The number of carbonyl (C=O) groups is 1. The van der Waals surface area contributed by atoms with E-state index in [1.807, 2.05) is 31.2 Å². The summed E-state index contributed by atoms with van der Waals surface area (Å²) in [5.41, 5.74) is 0. The quantitative estimate of drug-likeness (QED) is 0.468. The largest absolute Gasteiger partial charge is 0.303 e. The van der Waals surface area contributed by atoms with Gasteiger partial charge in [0, 0.05) is 0 Å². The highest BCUT2D eigenvalue weighted by Gasteiger charge is 2.27. The molecule has 1 rings (SSSR count). The lowest BCUT2D eigenvalue weighted by Gasteiger charge is -2.24. The molecule has 2 heteroatoms. The van der Waals surface area contributed by atoms with Gasteiger partial charge in [0.15, 0.2) is 0 Å². The Hall–Kier alpha value is -0.370. The van der Waals surface area contributed by atoms with E-state index < -0.39 is 0 Å². The molecule has 2 atom stereocenters. The summed E-state index contributed by atoms with van der Waals surface area (Å²) in [5.74, 6) is -0.0301. The van der Waals surface area contributed by atoms with Crippen LogP contribution in [0, 0.1) is 5.92 Å². The van der Waals surface area contributed by atoms with Crippen molar-refractivity contribution in [3.05, 3.63) is 24.3 Å². The van der Waals surface area contributed by atoms with Gasteiger partial charge in [0.05, 0.1) is 10.2 Å². The van der Waals surface area contributed by atoms with Crippen LogP contribution in [-0.2, 0) is 4.79 Å². The molecule has 1 aliphatic rings. The maximum absolute atomic E-state index is 10.5. The van der Waals surface area contributed by atoms with E-state index in [0.29, 0.717) is 0 Å². The third kappa shape index (κ3) is 1.37. The number of hydrogen-bond acceptors (Lipinski definition) is 1. The van der Waals surface area contributed by atoms with E-state index in [9.17, 15) is 4.79 Å². The summed E-state index contributed by atoms with van der Waals surface area (Å²) in [6.07, 6.45) is 8.65. The van der Waals surface area contributed by atoms with Crippen molar-refractivity contribution in [3.8, 4) is 0 Å². The topological polar surface area (TPSA) is 17.1 Å². The van der Waals surface area contributed by atoms with E-state index in [1.165, 1.54) is 0 Å². The number of hydrogen-bond donors (Lipinski definition) is 0. The fourth-order valence-corrected chi connectivity index (χ4v) is 1.32. The molecule has 0 saturated heterocycles. The Balaban J connectivity index is 2.84. The predicted molar refractivity (Wildman–Crippen MR) is 45.2 cm³/mol. The van der Waals surface area contributed by atoms with Gasteiger partial charge in [0.2, 0.25) is 0 Å². The number of halogens is 1. The fraction of sp³-hybridized carbons (Fsp3) is 0.375. The number of carbonyl (C=O) groups excluding carboxylic acids is 1. The first kappa shape index (κ1) is 7.73. The number of allylic oxidation sites excluding steroid dienone is 4. The van der Waals surface area contributed by atoms with Gasteiger partial charge in [0.25, 0.3) is 0 Å². The second-order valence-electron chi connectivity index (χ2n) is 2.56. The molecule has 0 heterocycles. The molecule has 0 aliphatic heterocycles. The lowest BCUT2D eigenvalue weighted by Crippen LogP contribution is -2.26. The van der Waals surface area contributed by atoms with Crippen molar-refractivity contribution in [2.24, 2.45) is 5.92 Å². The molecule has 54 valence electrons. The maximum atomic E-state index is 10.5. The third-order valence-electron chi connectivity index (χ3n) is 1.65. The van der Waals surface area contributed by atoms with Gasteiger partial charge >= 0.3 is 0 Å². The number of aldehydes is 1. The molecule has 0 aromatic heterocycles. The Bertz CT molecular complexity index is 191. The van der Waals surface area contributed by atoms with E-state index >= 15 is 0 Å². The highest BCUT2D eigenvalue weighted by Crippen LogP contribution is 2.31. The van der Waals surface area contributed by atoms with Gasteiger partial charge < -0.3 is 4.79 Å². The van der Waals surface area contributed by atoms with Crippen LogP contribution in [-0.4, -0.2) is 10.6 Å². The summed E-state index contributed by atoms with van der Waals surface area (Å²) in [5, 5.41) is 0. The van der Waals surface area contributed by atoms with Gasteiger partial charge in [-0.05, 0) is 6.92 Å². The van der Waals surface area contributed by atoms with Gasteiger partial charge in [-0.25, -0.2) is 0 Å². The molecule has 10 heavy (non-hydrogen) atoms. The normalized spacial score (nSPS) is 38.0. The number of rotatable bonds is 1. The summed E-state index contributed by atoms with van der Waals surface area (Å²) in [7, 11) is 0. The highest BCUT2D eigenvalue weighted by molar-refractivity contribution is 9.10. The van der Waals surface area contributed by atoms with Crippen molar-refractivity contribution in [2.45, 2.75) is 11.2 Å². The smallest absolute Gasteiger partial charge is 0.128 e. The average molecular weight is 201 g/mol. The maximum Gasteiger partial charge on any atom is 0.128 e. The zero-order chi connectivity index (χ0) is 7.61. The first-order valence-corrected chi connectivity index (χ1v) is 3.96. The summed E-state index contributed by atoms with van der Waals surface area (Å²) < 4.78 is -0.177. The third-order valence-corrected chi connectivity index (χ3v) is 2.44. The zero-order valence-corrected chi connectivity index (χ0v) is 7.34. The van der Waals surface area contributed by atoms with Crippen LogP contribution < -0.4 is 0 Å². The number of alkyl halides is 1. The molecular formula is C8H9BrO. The van der Waals surface area contributed by atoms with Crippen molar-refractivity contribution in [2.75, 3.05) is 0 Å². The van der Waals surface area contributed by atoms with Crippen LogP contribution in [0.25, 0.3) is 0 Å². The minimum absolute atomic E-state index is 0.0301. The van der Waals surface area contributed by atoms with Crippen LogP contribution in [0.5, 0.6) is 0 Å². The lowest BCUT2D eigenvalue weighted by molar-refractivity contribution is -0.110. The van der Waals surface area contributed by atoms with Crippen molar-refractivity contribution in [1.82, 2.24) is 0 Å². The zero-order valence-electron chi connectivity index (χ0n) is 5.75. The van der Waals surface area contributed by atoms with Crippen molar-refractivity contribution in [1.29, 1.82) is 0 Å². The highest BCUT2D eigenvalue weighted by atomic mass is 79.9. The van der Waals surface area contributed by atoms with E-state index in [0.717, 1.165) is 6.29 Å². The lowest BCUT2D eigenvalue weighted by atomic mass is 9.91. The Kier molecular flexibility index (Phi) is 2.09. The van der Waals surface area contributed by atoms with E-state index in [1.54, 1.807) is 0 Å². The molecule has 1 nitrogen and oxygen atoms in total. The Morgan fingerprint density at radius 1 is 1.60 bits per heavy atom. The summed E-state index contributed by atoms with van der Waals surface area (Å²) in [6, 6.07) is 0. The summed E-state index contributed by atoms with van der Waals surface area (Å²) >= 11 is 3.45. The summed E-state index contributed by atoms with van der Waals surface area (Å²) in [4.78, 5) is 10.5. The molecule has 0 fully saturated rings. The van der Waals surface area contributed by atoms with Gasteiger partial charge in [-0.2, -0.15) is 0 Å². The first-order valence-electron chi connectivity index (χ1n) is 3.17. The van der Waals surface area contributed by atoms with Crippen LogP contribution in [0.2, 0.25) is 0 Å². The van der Waals surface area contributed by atoms with Crippen LogP contribution in [0.15, 0.2) is 24.3 Å². The van der Waals surface area contributed by atoms with E-state index in [-0.39, 0.29) is 10.2 Å². The van der Waals surface area contributed by atoms with Crippen molar-refractivity contribution < 1.29 is 4.79 Å². The minimum atomic E-state index is -0.177. The molecule has 1 aliphatic carbocycles. The minimum Gasteiger partial charge on any atom is -0.303 e. The molecule has 0 aromatic carbocycles. The monoisotopic (exact) mass is 200 g/mol. The molecule has 0 bridgehead atoms. The molecule has 0 saturated carbocycles. The molecule has 0 N–H and O–H groups in total. The van der Waals surface area contributed by atoms with Gasteiger partial charge in [-0.15, -0.1) is 0 Å². The molecule has 0 spiro atoms. The standard InChI is InChI=1S/C8H9BrO/c1-8(9)5-3-2-4-7(8)6-10/h2-7H,1H3. The van der Waals surface area contributed by atoms with E-state index in [2.05, 4.69) is 15.9 Å². The molecule has 0 radical (unpaired) electrons. The molecule has 0 amide bonds. The predicted octanol–water partition coefficient (Wildman–Crippen LogP) is 2.08. The Morgan fingerprint density at radius 2 is 2.30 bits per heavy atom. The van der Waals surface area contributed by atoms with Crippen LogP contribution in [0.3, 0.4) is 0 Å². The van der Waals surface area contributed by atoms with Crippen LogP contribution in [0.4, 0.5) is 0 Å². The molecule has 2 unspecified atom stereocenters. The van der Waals surface area contributed by atoms with Crippen molar-refractivity contribution >= 4 is 22.2 Å². The second kappa shape index (κ2) is 2.70. The fourth-order valence-electron chi connectivity index (χ4n) is 0.905. The van der Waals surface area contributed by atoms with Crippen molar-refractivity contribution in [3.63, 3.8) is 0 Å². The SMILES string of the molecule is CC1(Br)C=CC=CC1C=O. The Labute approximate surface area is 68.9 Å². The first-order chi connectivity index (χ1) is 4.67. The average Bonchev–Trinajstić information content (AvgIpc) is 1.87. The van der Waals surface area contributed by atoms with E-state index in [4.69, 9.17) is 0 Å². The Morgan fingerprint density at radius 3 is 2.70 bits per heavy atom. The second-order valence-corrected chi connectivity index (χ2v) is 4.27. The van der Waals surface area contributed by atoms with Gasteiger partial charge in [-0.3, -0.25) is 0 Å².